The predicted molar refractivity (Wildman–Crippen MR) is 54.6 cm³/mol. The minimum absolute atomic E-state index is 0.184. The molecule has 3 heteroatoms. The van der Waals surface area contributed by atoms with E-state index in [-0.39, 0.29) is 11.3 Å². The Morgan fingerprint density at radius 2 is 2.00 bits per heavy atom. The van der Waals surface area contributed by atoms with Gasteiger partial charge in [0.2, 0.25) is 0 Å². The van der Waals surface area contributed by atoms with Crippen molar-refractivity contribution < 1.29 is 10.2 Å². The molecular weight excluding hydrogens is 178 g/mol. The highest BCUT2D eigenvalue weighted by atomic mass is 16.3. The Morgan fingerprint density at radius 1 is 1.36 bits per heavy atom. The van der Waals surface area contributed by atoms with Gasteiger partial charge in [-0.05, 0) is 43.1 Å². The molecule has 3 aliphatic rings. The second kappa shape index (κ2) is 2.94. The molecule has 3 rings (SSSR count). The van der Waals surface area contributed by atoms with E-state index in [9.17, 15) is 10.2 Å². The molecule has 0 amide bonds. The van der Waals surface area contributed by atoms with Gasteiger partial charge in [-0.25, -0.2) is 0 Å². The first-order valence-electron chi connectivity index (χ1n) is 5.53. The maximum atomic E-state index is 10.5. The smallest absolute Gasteiger partial charge is 0.0950 e. The molecule has 0 saturated heterocycles. The first kappa shape index (κ1) is 10.4. The first-order chi connectivity index (χ1) is 6.43. The SMILES string of the molecule is CC1(C)C2CC(O)C(O)(CCN)C1C2. The van der Waals surface area contributed by atoms with Crippen LogP contribution in [-0.4, -0.2) is 28.5 Å². The minimum Gasteiger partial charge on any atom is -0.390 e. The second-order valence-electron chi connectivity index (χ2n) is 5.59. The third kappa shape index (κ3) is 1.09. The third-order valence-corrected chi connectivity index (χ3v) is 4.70. The normalized spacial score (nSPS) is 49.9. The molecule has 3 saturated carbocycles. The van der Waals surface area contributed by atoms with E-state index in [1.807, 2.05) is 0 Å². The molecule has 3 fully saturated rings. The fourth-order valence-corrected chi connectivity index (χ4v) is 3.54. The molecule has 82 valence electrons. The minimum atomic E-state index is -0.924. The maximum absolute atomic E-state index is 10.5. The molecule has 3 aliphatic carbocycles. The molecule has 0 aromatic rings. The van der Waals surface area contributed by atoms with Crippen LogP contribution in [0.5, 0.6) is 0 Å². The topological polar surface area (TPSA) is 66.5 Å². The van der Waals surface area contributed by atoms with Gasteiger partial charge in [0, 0.05) is 0 Å². The Hall–Kier alpha value is -0.120. The summed E-state index contributed by atoms with van der Waals surface area (Å²) in [6, 6.07) is 0. The molecule has 0 spiro atoms. The number of aliphatic hydroxyl groups is 2. The summed E-state index contributed by atoms with van der Waals surface area (Å²) < 4.78 is 0. The maximum Gasteiger partial charge on any atom is 0.0950 e. The zero-order chi connectivity index (χ0) is 10.6. The van der Waals surface area contributed by atoms with Crippen molar-refractivity contribution in [2.24, 2.45) is 23.0 Å². The summed E-state index contributed by atoms with van der Waals surface area (Å²) in [6.45, 7) is 4.84. The van der Waals surface area contributed by atoms with Crippen molar-refractivity contribution in [2.75, 3.05) is 6.54 Å². The predicted octanol–water partition coefficient (Wildman–Crippen LogP) is 0.493. The Balaban J connectivity index is 2.22. The lowest BCUT2D eigenvalue weighted by Crippen LogP contribution is -2.68. The number of fused-ring (bicyclic) bond motifs is 2. The molecule has 0 radical (unpaired) electrons. The number of rotatable bonds is 2. The molecule has 2 bridgehead atoms. The quantitative estimate of drug-likeness (QED) is 0.606. The lowest BCUT2D eigenvalue weighted by molar-refractivity contribution is -0.254. The lowest BCUT2D eigenvalue weighted by atomic mass is 9.43. The third-order valence-electron chi connectivity index (χ3n) is 4.70. The van der Waals surface area contributed by atoms with Gasteiger partial charge in [-0.3, -0.25) is 0 Å². The van der Waals surface area contributed by atoms with Crippen LogP contribution in [0.3, 0.4) is 0 Å². The van der Waals surface area contributed by atoms with Crippen molar-refractivity contribution in [1.82, 2.24) is 0 Å². The van der Waals surface area contributed by atoms with Crippen LogP contribution >= 0.6 is 0 Å². The van der Waals surface area contributed by atoms with E-state index in [0.717, 1.165) is 12.8 Å². The molecule has 14 heavy (non-hydrogen) atoms. The fourth-order valence-electron chi connectivity index (χ4n) is 3.54. The van der Waals surface area contributed by atoms with Crippen LogP contribution in [0.4, 0.5) is 0 Å². The van der Waals surface area contributed by atoms with Crippen molar-refractivity contribution in [3.8, 4) is 0 Å². The Labute approximate surface area is 85.3 Å². The van der Waals surface area contributed by atoms with E-state index < -0.39 is 11.7 Å². The van der Waals surface area contributed by atoms with Gasteiger partial charge < -0.3 is 15.9 Å². The lowest BCUT2D eigenvalue weighted by Gasteiger charge is -2.65. The van der Waals surface area contributed by atoms with Crippen LogP contribution < -0.4 is 5.73 Å². The largest absolute Gasteiger partial charge is 0.390 e. The highest BCUT2D eigenvalue weighted by Gasteiger charge is 2.63. The number of aliphatic hydroxyl groups excluding tert-OH is 1. The molecule has 0 heterocycles. The van der Waals surface area contributed by atoms with E-state index in [1.54, 1.807) is 0 Å². The second-order valence-corrected chi connectivity index (χ2v) is 5.59. The number of hydrogen-bond donors (Lipinski definition) is 3. The summed E-state index contributed by atoms with van der Waals surface area (Å²) in [5, 5.41) is 20.3. The van der Waals surface area contributed by atoms with Gasteiger partial charge in [0.15, 0.2) is 0 Å². The number of nitrogens with two attached hydrogens (primary N) is 1. The van der Waals surface area contributed by atoms with Gasteiger partial charge >= 0.3 is 0 Å². The van der Waals surface area contributed by atoms with Gasteiger partial charge in [-0.2, -0.15) is 0 Å². The zero-order valence-corrected chi connectivity index (χ0v) is 9.03. The molecule has 0 aromatic heterocycles. The van der Waals surface area contributed by atoms with Gasteiger partial charge in [-0.15, -0.1) is 0 Å². The molecule has 0 aliphatic heterocycles. The van der Waals surface area contributed by atoms with E-state index in [2.05, 4.69) is 13.8 Å². The fraction of sp³-hybridized carbons (Fsp3) is 1.00. The average molecular weight is 199 g/mol. The highest BCUT2D eigenvalue weighted by Crippen LogP contribution is 2.63. The van der Waals surface area contributed by atoms with Crippen molar-refractivity contribution in [3.63, 3.8) is 0 Å². The van der Waals surface area contributed by atoms with Gasteiger partial charge in [-0.1, -0.05) is 13.8 Å². The van der Waals surface area contributed by atoms with E-state index >= 15 is 0 Å². The van der Waals surface area contributed by atoms with Crippen LogP contribution in [0.25, 0.3) is 0 Å². The van der Waals surface area contributed by atoms with Crippen molar-refractivity contribution >= 4 is 0 Å². The zero-order valence-electron chi connectivity index (χ0n) is 9.03. The molecule has 0 aromatic carbocycles. The monoisotopic (exact) mass is 199 g/mol. The van der Waals surface area contributed by atoms with Crippen LogP contribution in [0.2, 0.25) is 0 Å². The van der Waals surface area contributed by atoms with Crippen LogP contribution in [0.1, 0.15) is 33.1 Å². The van der Waals surface area contributed by atoms with E-state index in [0.29, 0.717) is 18.9 Å². The molecule has 4 N–H and O–H groups in total. The molecule has 4 unspecified atom stereocenters. The molecule has 4 atom stereocenters. The number of hydrogen-bond acceptors (Lipinski definition) is 3. The van der Waals surface area contributed by atoms with Crippen molar-refractivity contribution in [2.45, 2.75) is 44.8 Å². The van der Waals surface area contributed by atoms with E-state index in [4.69, 9.17) is 5.73 Å². The first-order valence-corrected chi connectivity index (χ1v) is 5.53. The summed E-state index contributed by atoms with van der Waals surface area (Å²) >= 11 is 0. The van der Waals surface area contributed by atoms with Gasteiger partial charge in [0.1, 0.15) is 0 Å². The highest BCUT2D eigenvalue weighted by molar-refractivity contribution is 5.13. The van der Waals surface area contributed by atoms with Gasteiger partial charge in [0.25, 0.3) is 0 Å². The Morgan fingerprint density at radius 3 is 2.50 bits per heavy atom. The van der Waals surface area contributed by atoms with Crippen LogP contribution in [0, 0.1) is 17.3 Å². The Kier molecular flexibility index (Phi) is 2.18. The van der Waals surface area contributed by atoms with Crippen molar-refractivity contribution in [1.29, 1.82) is 0 Å². The standard InChI is InChI=1S/C11H21NO2/c1-10(2)7-5-8(10)11(14,3-4-12)9(13)6-7/h7-9,13-14H,3-6,12H2,1-2H3. The molecular formula is C11H21NO2. The van der Waals surface area contributed by atoms with Crippen molar-refractivity contribution in [3.05, 3.63) is 0 Å². The summed E-state index contributed by atoms with van der Waals surface area (Å²) in [4.78, 5) is 0. The van der Waals surface area contributed by atoms with Crippen LogP contribution in [-0.2, 0) is 0 Å². The average Bonchev–Trinajstić information content (AvgIpc) is 2.09. The van der Waals surface area contributed by atoms with Crippen LogP contribution in [0.15, 0.2) is 0 Å². The van der Waals surface area contributed by atoms with E-state index in [1.165, 1.54) is 0 Å². The Bertz CT molecular complexity index is 241. The summed E-state index contributed by atoms with van der Waals surface area (Å²) in [5.41, 5.74) is 4.76. The summed E-state index contributed by atoms with van der Waals surface area (Å²) in [7, 11) is 0. The molecule has 3 nitrogen and oxygen atoms in total. The summed E-state index contributed by atoms with van der Waals surface area (Å²) in [5.74, 6) is 0.813. The summed E-state index contributed by atoms with van der Waals surface area (Å²) in [6.07, 6.45) is 1.75. The van der Waals surface area contributed by atoms with Gasteiger partial charge in [0.05, 0.1) is 11.7 Å².